The fourth-order valence-corrected chi connectivity index (χ4v) is 4.89. The van der Waals surface area contributed by atoms with Gasteiger partial charge in [0.1, 0.15) is 12.1 Å². The molecule has 1 N–H and O–H groups in total. The van der Waals surface area contributed by atoms with Crippen LogP contribution in [0.5, 0.6) is 0 Å². The third-order valence-corrected chi connectivity index (χ3v) is 6.55. The molecule has 3 heterocycles. The molecule has 146 valence electrons. The van der Waals surface area contributed by atoms with Gasteiger partial charge in [0.25, 0.3) is 0 Å². The number of benzene rings is 1. The number of halogens is 1. The highest BCUT2D eigenvalue weighted by Crippen LogP contribution is 2.24. The lowest BCUT2D eigenvalue weighted by Gasteiger charge is -2.36. The quantitative estimate of drug-likeness (QED) is 0.733. The number of hydrogen-bond donors (Lipinski definition) is 1. The summed E-state index contributed by atoms with van der Waals surface area (Å²) in [6, 6.07) is 8.77. The Morgan fingerprint density at radius 1 is 1.04 bits per heavy atom. The minimum absolute atomic E-state index is 0.677. The summed E-state index contributed by atoms with van der Waals surface area (Å²) >= 11 is 6.00. The molecule has 1 aliphatic carbocycles. The van der Waals surface area contributed by atoms with Crippen molar-refractivity contribution in [2.24, 2.45) is 0 Å². The number of rotatable bonds is 4. The molecule has 0 amide bonds. The van der Waals surface area contributed by atoms with Crippen LogP contribution >= 0.6 is 11.6 Å². The van der Waals surface area contributed by atoms with Crippen molar-refractivity contribution in [1.82, 2.24) is 19.7 Å². The average Bonchev–Trinajstić information content (AvgIpc) is 3.40. The Morgan fingerprint density at radius 2 is 1.79 bits per heavy atom. The normalized spacial score (nSPS) is 19.0. The predicted octanol–water partition coefficient (Wildman–Crippen LogP) is 2.18. The Labute approximate surface area is 170 Å². The van der Waals surface area contributed by atoms with Crippen molar-refractivity contribution in [1.29, 1.82) is 0 Å². The van der Waals surface area contributed by atoms with Crippen molar-refractivity contribution in [2.45, 2.75) is 38.3 Å². The van der Waals surface area contributed by atoms with E-state index in [4.69, 9.17) is 11.6 Å². The molecule has 1 saturated heterocycles. The number of nitrogens with zero attached hydrogens (tertiary/aromatic N) is 5. The molecule has 7 heteroatoms. The first-order valence-corrected chi connectivity index (χ1v) is 10.7. The van der Waals surface area contributed by atoms with Gasteiger partial charge in [-0.15, -0.1) is 0 Å². The van der Waals surface area contributed by atoms with Crippen LogP contribution in [-0.2, 0) is 6.54 Å². The highest BCUT2D eigenvalue weighted by Gasteiger charge is 2.30. The van der Waals surface area contributed by atoms with Gasteiger partial charge < -0.3 is 9.80 Å². The maximum Gasteiger partial charge on any atom is 0.163 e. The van der Waals surface area contributed by atoms with E-state index in [9.17, 15) is 0 Å². The van der Waals surface area contributed by atoms with E-state index in [2.05, 4.69) is 20.0 Å². The van der Waals surface area contributed by atoms with Gasteiger partial charge in [0.15, 0.2) is 5.65 Å². The first-order chi connectivity index (χ1) is 13.8. The molecule has 0 spiro atoms. The maximum absolute atomic E-state index is 6.00. The molecule has 1 aromatic carbocycles. The average molecular weight is 398 g/mol. The maximum atomic E-state index is 6.00. The molecular formula is C21H26ClN6+. The zero-order valence-corrected chi connectivity index (χ0v) is 16.8. The van der Waals surface area contributed by atoms with E-state index in [0.29, 0.717) is 6.54 Å². The van der Waals surface area contributed by atoms with Gasteiger partial charge in [0.05, 0.1) is 50.3 Å². The molecule has 6 nitrogen and oxygen atoms in total. The SMILES string of the molecule is Clc1ccc(Cn2ncc3c(N4CC[NH+](C5CCCC5)CC4)ncnc32)cc1. The van der Waals surface area contributed by atoms with Crippen LogP contribution in [0.15, 0.2) is 36.8 Å². The van der Waals surface area contributed by atoms with E-state index < -0.39 is 0 Å². The van der Waals surface area contributed by atoms with E-state index in [1.165, 1.54) is 38.8 Å². The smallest absolute Gasteiger partial charge is 0.163 e. The Balaban J connectivity index is 1.34. The second kappa shape index (κ2) is 7.68. The first kappa shape index (κ1) is 17.9. The van der Waals surface area contributed by atoms with Crippen LogP contribution in [-0.4, -0.2) is 52.0 Å². The van der Waals surface area contributed by atoms with Crippen molar-refractivity contribution in [3.63, 3.8) is 0 Å². The summed E-state index contributed by atoms with van der Waals surface area (Å²) < 4.78 is 1.95. The Morgan fingerprint density at radius 3 is 2.54 bits per heavy atom. The number of hydrogen-bond acceptors (Lipinski definition) is 4. The zero-order valence-electron chi connectivity index (χ0n) is 16.0. The molecule has 1 saturated carbocycles. The van der Waals surface area contributed by atoms with Gasteiger partial charge in [-0.25, -0.2) is 14.6 Å². The molecule has 0 bridgehead atoms. The summed E-state index contributed by atoms with van der Waals surface area (Å²) in [4.78, 5) is 13.3. The first-order valence-electron chi connectivity index (χ1n) is 10.3. The van der Waals surface area contributed by atoms with E-state index in [1.54, 1.807) is 11.2 Å². The number of aromatic nitrogens is 4. The molecule has 0 radical (unpaired) electrons. The summed E-state index contributed by atoms with van der Waals surface area (Å²) in [6.45, 7) is 5.20. The summed E-state index contributed by atoms with van der Waals surface area (Å²) in [5.41, 5.74) is 2.05. The van der Waals surface area contributed by atoms with E-state index >= 15 is 0 Å². The van der Waals surface area contributed by atoms with Gasteiger partial charge in [-0.2, -0.15) is 5.10 Å². The number of nitrogens with one attached hydrogen (secondary N) is 1. The molecule has 2 fully saturated rings. The van der Waals surface area contributed by atoms with Gasteiger partial charge in [0.2, 0.25) is 0 Å². The Bertz CT molecular complexity index is 939. The Kier molecular flexibility index (Phi) is 4.91. The highest BCUT2D eigenvalue weighted by molar-refractivity contribution is 6.30. The fourth-order valence-electron chi connectivity index (χ4n) is 4.76. The van der Waals surface area contributed by atoms with Gasteiger partial charge in [-0.05, 0) is 43.4 Å². The lowest BCUT2D eigenvalue weighted by molar-refractivity contribution is -0.925. The molecule has 0 unspecified atom stereocenters. The summed E-state index contributed by atoms with van der Waals surface area (Å²) in [5, 5.41) is 6.39. The van der Waals surface area contributed by atoms with Crippen LogP contribution in [0, 0.1) is 0 Å². The lowest BCUT2D eigenvalue weighted by atomic mass is 10.2. The molecule has 0 atom stereocenters. The predicted molar refractivity (Wildman–Crippen MR) is 111 cm³/mol. The number of anilines is 1. The second-order valence-corrected chi connectivity index (χ2v) is 8.43. The van der Waals surface area contributed by atoms with Crippen molar-refractivity contribution in [2.75, 3.05) is 31.1 Å². The van der Waals surface area contributed by atoms with E-state index in [-0.39, 0.29) is 0 Å². The molecule has 3 aromatic rings. The van der Waals surface area contributed by atoms with Crippen molar-refractivity contribution >= 4 is 28.5 Å². The van der Waals surface area contributed by atoms with Gasteiger partial charge in [-0.3, -0.25) is 0 Å². The zero-order chi connectivity index (χ0) is 18.9. The number of piperazine rings is 1. The minimum Gasteiger partial charge on any atom is -0.345 e. The summed E-state index contributed by atoms with van der Waals surface area (Å²) in [7, 11) is 0. The second-order valence-electron chi connectivity index (χ2n) is 7.99. The van der Waals surface area contributed by atoms with Crippen molar-refractivity contribution in [3.05, 3.63) is 47.4 Å². The fraction of sp³-hybridized carbons (Fsp3) is 0.476. The van der Waals surface area contributed by atoms with Crippen LogP contribution in [0.25, 0.3) is 11.0 Å². The molecule has 28 heavy (non-hydrogen) atoms. The minimum atomic E-state index is 0.677. The van der Waals surface area contributed by atoms with Crippen LogP contribution in [0.2, 0.25) is 5.02 Å². The summed E-state index contributed by atoms with van der Waals surface area (Å²) in [6.07, 6.45) is 9.23. The Hall–Kier alpha value is -2.18. The molecular weight excluding hydrogens is 372 g/mol. The monoisotopic (exact) mass is 397 g/mol. The third kappa shape index (κ3) is 3.47. The molecule has 5 rings (SSSR count). The number of quaternary nitrogens is 1. The standard InChI is InChI=1S/C21H25ClN6/c22-17-7-5-16(6-8-17)14-28-21-19(13-25-28)20(23-15-24-21)27-11-9-26(10-12-27)18-3-1-2-4-18/h5-8,13,15,18H,1-4,9-12,14H2/p+1. The molecule has 2 aromatic heterocycles. The largest absolute Gasteiger partial charge is 0.345 e. The van der Waals surface area contributed by atoms with E-state index in [1.807, 2.05) is 35.1 Å². The van der Waals surface area contributed by atoms with Crippen LogP contribution in [0.1, 0.15) is 31.2 Å². The van der Waals surface area contributed by atoms with Gasteiger partial charge in [0, 0.05) is 5.02 Å². The summed E-state index contributed by atoms with van der Waals surface area (Å²) in [5.74, 6) is 1.03. The van der Waals surface area contributed by atoms with Crippen molar-refractivity contribution < 1.29 is 4.90 Å². The molecule has 2 aliphatic rings. The topological polar surface area (TPSA) is 51.3 Å². The lowest BCUT2D eigenvalue weighted by Crippen LogP contribution is -3.18. The van der Waals surface area contributed by atoms with Crippen LogP contribution in [0.4, 0.5) is 5.82 Å². The van der Waals surface area contributed by atoms with Crippen LogP contribution < -0.4 is 9.80 Å². The molecule has 1 aliphatic heterocycles. The highest BCUT2D eigenvalue weighted by atomic mass is 35.5. The number of fused-ring (bicyclic) bond motifs is 1. The van der Waals surface area contributed by atoms with Gasteiger partial charge >= 0.3 is 0 Å². The third-order valence-electron chi connectivity index (χ3n) is 6.30. The van der Waals surface area contributed by atoms with E-state index in [0.717, 1.165) is 46.6 Å². The van der Waals surface area contributed by atoms with Crippen LogP contribution in [0.3, 0.4) is 0 Å². The van der Waals surface area contributed by atoms with Gasteiger partial charge in [-0.1, -0.05) is 23.7 Å². The van der Waals surface area contributed by atoms with Crippen molar-refractivity contribution in [3.8, 4) is 0 Å².